The summed E-state index contributed by atoms with van der Waals surface area (Å²) in [6.45, 7) is 0. The van der Waals surface area contributed by atoms with E-state index in [1.807, 2.05) is 30.3 Å². The number of hydrogen-bond acceptors (Lipinski definition) is 6. The molecule has 0 saturated carbocycles. The van der Waals surface area contributed by atoms with Gasteiger partial charge in [-0.1, -0.05) is 24.3 Å². The second-order valence-electron chi connectivity index (χ2n) is 7.12. The molecule has 0 aliphatic rings. The molecule has 0 saturated heterocycles. The Morgan fingerprint density at radius 3 is 2.41 bits per heavy atom. The second-order valence-corrected chi connectivity index (χ2v) is 8.90. The predicted octanol–water partition coefficient (Wildman–Crippen LogP) is 4.51. The number of benzene rings is 2. The summed E-state index contributed by atoms with van der Waals surface area (Å²) in [5.41, 5.74) is 2.25. The molecule has 0 atom stereocenters. The van der Waals surface area contributed by atoms with E-state index in [0.717, 1.165) is 10.9 Å². The highest BCUT2D eigenvalue weighted by atomic mass is 32.2. The van der Waals surface area contributed by atoms with E-state index in [0.29, 0.717) is 33.6 Å². The molecule has 0 fully saturated rings. The number of rotatable bonds is 5. The smallest absolute Gasteiger partial charge is 0.271 e. The SMILES string of the molecule is COc1ccc(-c2cn(S(=O)(=O)c3cccc4cccnc34)c3ncccc23)cc1OC. The first kappa shape index (κ1) is 20.0. The zero-order valence-electron chi connectivity index (χ0n) is 17.4. The molecule has 7 nitrogen and oxygen atoms in total. The molecule has 3 aromatic heterocycles. The van der Waals surface area contributed by atoms with Crippen LogP contribution in [0.1, 0.15) is 0 Å². The zero-order chi connectivity index (χ0) is 22.3. The molecule has 0 unspecified atom stereocenters. The summed E-state index contributed by atoms with van der Waals surface area (Å²) in [7, 11) is -0.845. The fraction of sp³-hybridized carbons (Fsp3) is 0.0833. The van der Waals surface area contributed by atoms with E-state index in [-0.39, 0.29) is 4.90 Å². The Balaban J connectivity index is 1.77. The third kappa shape index (κ3) is 3.07. The van der Waals surface area contributed by atoms with Gasteiger partial charge in [-0.3, -0.25) is 4.98 Å². The van der Waals surface area contributed by atoms with Crippen molar-refractivity contribution in [2.24, 2.45) is 0 Å². The Morgan fingerprint density at radius 1 is 0.844 bits per heavy atom. The number of hydrogen-bond donors (Lipinski definition) is 0. The van der Waals surface area contributed by atoms with Crippen molar-refractivity contribution < 1.29 is 17.9 Å². The van der Waals surface area contributed by atoms with Gasteiger partial charge < -0.3 is 9.47 Å². The fourth-order valence-corrected chi connectivity index (χ4v) is 5.33. The van der Waals surface area contributed by atoms with Gasteiger partial charge in [0.25, 0.3) is 10.0 Å². The quantitative estimate of drug-likeness (QED) is 0.396. The van der Waals surface area contributed by atoms with Gasteiger partial charge in [0.05, 0.1) is 19.7 Å². The van der Waals surface area contributed by atoms with Crippen LogP contribution in [0.3, 0.4) is 0 Å². The number of pyridine rings is 2. The largest absolute Gasteiger partial charge is 0.493 e. The molecule has 0 bridgehead atoms. The maximum Gasteiger partial charge on any atom is 0.271 e. The lowest BCUT2D eigenvalue weighted by molar-refractivity contribution is 0.355. The van der Waals surface area contributed by atoms with Crippen molar-refractivity contribution in [1.82, 2.24) is 13.9 Å². The molecule has 160 valence electrons. The lowest BCUT2D eigenvalue weighted by atomic mass is 10.1. The van der Waals surface area contributed by atoms with Crippen LogP contribution >= 0.6 is 0 Å². The van der Waals surface area contributed by atoms with Crippen LogP contribution in [0.15, 0.2) is 84.1 Å². The molecule has 2 aromatic carbocycles. The van der Waals surface area contributed by atoms with E-state index in [4.69, 9.17) is 9.47 Å². The van der Waals surface area contributed by atoms with E-state index < -0.39 is 10.0 Å². The summed E-state index contributed by atoms with van der Waals surface area (Å²) in [6, 6.07) is 17.8. The van der Waals surface area contributed by atoms with Gasteiger partial charge >= 0.3 is 0 Å². The number of para-hydroxylation sites is 1. The van der Waals surface area contributed by atoms with Crippen molar-refractivity contribution >= 4 is 32.0 Å². The molecule has 8 heteroatoms. The maximum absolute atomic E-state index is 13.8. The summed E-state index contributed by atoms with van der Waals surface area (Å²) < 4.78 is 39.5. The molecular formula is C24H19N3O4S. The van der Waals surface area contributed by atoms with Crippen LogP contribution < -0.4 is 9.47 Å². The first-order valence-corrected chi connectivity index (χ1v) is 11.3. The van der Waals surface area contributed by atoms with Gasteiger partial charge in [-0.2, -0.15) is 0 Å². The number of ether oxygens (including phenoxy) is 2. The van der Waals surface area contributed by atoms with Crippen LogP contribution in [0.2, 0.25) is 0 Å². The molecule has 3 heterocycles. The lowest BCUT2D eigenvalue weighted by Gasteiger charge is -2.09. The average molecular weight is 446 g/mol. The predicted molar refractivity (Wildman–Crippen MR) is 123 cm³/mol. The van der Waals surface area contributed by atoms with Gasteiger partial charge in [0.15, 0.2) is 17.1 Å². The van der Waals surface area contributed by atoms with Crippen molar-refractivity contribution in [2.75, 3.05) is 14.2 Å². The molecule has 0 aliphatic carbocycles. The number of nitrogens with zero attached hydrogens (tertiary/aromatic N) is 3. The molecule has 5 rings (SSSR count). The highest BCUT2D eigenvalue weighted by Crippen LogP contribution is 2.37. The molecule has 0 aliphatic heterocycles. The molecule has 0 spiro atoms. The Kier molecular flexibility index (Phi) is 4.79. The van der Waals surface area contributed by atoms with E-state index in [1.54, 1.807) is 63.1 Å². The van der Waals surface area contributed by atoms with Gasteiger partial charge in [-0.15, -0.1) is 0 Å². The van der Waals surface area contributed by atoms with Crippen LogP contribution in [0, 0.1) is 0 Å². The van der Waals surface area contributed by atoms with E-state index in [2.05, 4.69) is 9.97 Å². The molecule has 0 radical (unpaired) electrons. The van der Waals surface area contributed by atoms with Crippen LogP contribution in [-0.4, -0.2) is 36.6 Å². The Bertz CT molecular complexity index is 1570. The highest BCUT2D eigenvalue weighted by molar-refractivity contribution is 7.90. The number of methoxy groups -OCH3 is 2. The standard InChI is InChI=1S/C24H19N3O4S/c1-30-20-11-10-17(14-21(20)31-2)19-15-27(24-18(19)8-5-13-26-24)32(28,29)22-9-3-6-16-7-4-12-25-23(16)22/h3-15H,1-2H3. The summed E-state index contributed by atoms with van der Waals surface area (Å²) in [6.07, 6.45) is 4.76. The Morgan fingerprint density at radius 2 is 1.59 bits per heavy atom. The Labute approximate surface area is 184 Å². The first-order valence-electron chi connectivity index (χ1n) is 9.82. The maximum atomic E-state index is 13.8. The minimum absolute atomic E-state index is 0.122. The van der Waals surface area contributed by atoms with Crippen LogP contribution in [0.4, 0.5) is 0 Å². The van der Waals surface area contributed by atoms with Crippen molar-refractivity contribution in [2.45, 2.75) is 4.90 Å². The Hall–Kier alpha value is -3.91. The van der Waals surface area contributed by atoms with Crippen LogP contribution in [0.25, 0.3) is 33.1 Å². The second kappa shape index (κ2) is 7.65. The topological polar surface area (TPSA) is 83.3 Å². The highest BCUT2D eigenvalue weighted by Gasteiger charge is 2.25. The van der Waals surface area contributed by atoms with Crippen molar-refractivity contribution in [3.63, 3.8) is 0 Å². The van der Waals surface area contributed by atoms with E-state index in [1.165, 1.54) is 3.97 Å². The molecular weight excluding hydrogens is 426 g/mol. The lowest BCUT2D eigenvalue weighted by Crippen LogP contribution is -2.13. The van der Waals surface area contributed by atoms with Crippen molar-refractivity contribution in [1.29, 1.82) is 0 Å². The number of fused-ring (bicyclic) bond motifs is 2. The van der Waals surface area contributed by atoms with Gasteiger partial charge in [0.1, 0.15) is 4.90 Å². The molecule has 32 heavy (non-hydrogen) atoms. The van der Waals surface area contributed by atoms with Crippen LogP contribution in [0.5, 0.6) is 11.5 Å². The fourth-order valence-electron chi connectivity index (χ4n) is 3.84. The molecule has 0 N–H and O–H groups in total. The van der Waals surface area contributed by atoms with E-state index >= 15 is 0 Å². The summed E-state index contributed by atoms with van der Waals surface area (Å²) >= 11 is 0. The summed E-state index contributed by atoms with van der Waals surface area (Å²) in [5, 5.41) is 1.45. The normalized spacial score (nSPS) is 11.7. The van der Waals surface area contributed by atoms with Crippen LogP contribution in [-0.2, 0) is 10.0 Å². The third-order valence-electron chi connectivity index (χ3n) is 5.36. The molecule has 5 aromatic rings. The minimum atomic E-state index is -3.97. The van der Waals surface area contributed by atoms with Crippen molar-refractivity contribution in [3.8, 4) is 22.6 Å². The van der Waals surface area contributed by atoms with Gasteiger partial charge in [-0.05, 0) is 42.0 Å². The summed E-state index contributed by atoms with van der Waals surface area (Å²) in [5.74, 6) is 1.14. The van der Waals surface area contributed by atoms with E-state index in [9.17, 15) is 8.42 Å². The number of aromatic nitrogens is 3. The zero-order valence-corrected chi connectivity index (χ0v) is 18.2. The monoisotopic (exact) mass is 445 g/mol. The summed E-state index contributed by atoms with van der Waals surface area (Å²) in [4.78, 5) is 8.82. The van der Waals surface area contributed by atoms with Gasteiger partial charge in [0, 0.05) is 34.9 Å². The molecule has 0 amide bonds. The van der Waals surface area contributed by atoms with Gasteiger partial charge in [0.2, 0.25) is 0 Å². The third-order valence-corrected chi connectivity index (χ3v) is 7.04. The van der Waals surface area contributed by atoms with Gasteiger partial charge in [-0.25, -0.2) is 17.4 Å². The average Bonchev–Trinajstić information content (AvgIpc) is 3.24. The first-order chi connectivity index (χ1) is 15.5. The minimum Gasteiger partial charge on any atom is -0.493 e. The van der Waals surface area contributed by atoms with Crippen molar-refractivity contribution in [3.05, 3.63) is 79.3 Å².